The number of fused-ring (bicyclic) bond motifs is 1. The quantitative estimate of drug-likeness (QED) is 0.447. The van der Waals surface area contributed by atoms with Gasteiger partial charge in [0.2, 0.25) is 5.78 Å². The molecule has 1 aliphatic heterocycles. The van der Waals surface area contributed by atoms with Crippen molar-refractivity contribution < 1.29 is 18.7 Å². The Morgan fingerprint density at radius 1 is 1.13 bits per heavy atom. The van der Waals surface area contributed by atoms with Gasteiger partial charge in [0.25, 0.3) is 0 Å². The van der Waals surface area contributed by atoms with E-state index < -0.39 is 0 Å². The summed E-state index contributed by atoms with van der Waals surface area (Å²) >= 11 is 0. The fraction of sp³-hybridized carbons (Fsp3) is 0.120. The Balaban J connectivity index is 1.48. The van der Waals surface area contributed by atoms with Crippen LogP contribution < -0.4 is 5.43 Å². The number of phenols is 1. The Bertz CT molecular complexity index is 1320. The van der Waals surface area contributed by atoms with Crippen molar-refractivity contribution in [3.05, 3.63) is 101 Å². The van der Waals surface area contributed by atoms with Crippen molar-refractivity contribution in [1.82, 2.24) is 5.43 Å². The fourth-order valence-corrected chi connectivity index (χ4v) is 3.92. The van der Waals surface area contributed by atoms with Crippen molar-refractivity contribution in [1.29, 1.82) is 0 Å². The third-order valence-electron chi connectivity index (χ3n) is 5.63. The molecule has 0 unspecified atom stereocenters. The summed E-state index contributed by atoms with van der Waals surface area (Å²) < 4.78 is 19.0. The molecule has 1 atom stereocenters. The largest absolute Gasteiger partial charge is 0.507 e. The number of hydrogen-bond acceptors (Lipinski definition) is 5. The maximum absolute atomic E-state index is 13.2. The van der Waals surface area contributed by atoms with E-state index in [9.17, 15) is 14.3 Å². The molecule has 5 rings (SSSR count). The van der Waals surface area contributed by atoms with Gasteiger partial charge in [-0.3, -0.25) is 4.79 Å². The number of carbonyl (C=O) groups excluding carboxylic acids is 1. The molecule has 31 heavy (non-hydrogen) atoms. The maximum atomic E-state index is 13.2. The van der Waals surface area contributed by atoms with E-state index in [0.29, 0.717) is 34.4 Å². The third-order valence-corrected chi connectivity index (χ3v) is 5.63. The minimum absolute atomic E-state index is 0.0280. The zero-order valence-corrected chi connectivity index (χ0v) is 16.7. The number of rotatable bonds is 4. The number of halogens is 1. The molecule has 1 aromatic heterocycles. The molecule has 0 amide bonds. The maximum Gasteiger partial charge on any atom is 0.228 e. The second-order valence-electron chi connectivity index (χ2n) is 7.61. The van der Waals surface area contributed by atoms with Crippen LogP contribution in [0.3, 0.4) is 0 Å². The summed E-state index contributed by atoms with van der Waals surface area (Å²) in [6.45, 7) is 1.83. The normalized spacial score (nSPS) is 15.7. The van der Waals surface area contributed by atoms with E-state index in [1.807, 2.05) is 13.0 Å². The Kier molecular flexibility index (Phi) is 4.55. The predicted molar refractivity (Wildman–Crippen MR) is 116 cm³/mol. The van der Waals surface area contributed by atoms with Gasteiger partial charge >= 0.3 is 0 Å². The molecule has 5 nitrogen and oxygen atoms in total. The molecule has 0 spiro atoms. The molecule has 4 aromatic rings. The summed E-state index contributed by atoms with van der Waals surface area (Å²) in [6, 6.07) is 18.4. The third kappa shape index (κ3) is 3.36. The van der Waals surface area contributed by atoms with E-state index in [2.05, 4.69) is 10.5 Å². The lowest BCUT2D eigenvalue weighted by molar-refractivity contribution is 0.101. The zero-order chi connectivity index (χ0) is 21.5. The highest BCUT2D eigenvalue weighted by molar-refractivity contribution is 6.12. The van der Waals surface area contributed by atoms with Crippen LogP contribution >= 0.6 is 0 Å². The van der Waals surface area contributed by atoms with Gasteiger partial charge < -0.3 is 14.9 Å². The van der Waals surface area contributed by atoms with E-state index in [1.165, 1.54) is 18.2 Å². The van der Waals surface area contributed by atoms with Crippen LogP contribution in [-0.4, -0.2) is 16.6 Å². The fourth-order valence-electron chi connectivity index (χ4n) is 3.92. The van der Waals surface area contributed by atoms with Gasteiger partial charge in [-0.25, -0.2) is 4.39 Å². The molecule has 0 saturated heterocycles. The van der Waals surface area contributed by atoms with Crippen molar-refractivity contribution in [2.75, 3.05) is 0 Å². The monoisotopic (exact) mass is 414 g/mol. The van der Waals surface area contributed by atoms with Gasteiger partial charge in [-0.1, -0.05) is 42.5 Å². The van der Waals surface area contributed by atoms with Crippen LogP contribution in [0.4, 0.5) is 4.39 Å². The van der Waals surface area contributed by atoms with Crippen molar-refractivity contribution in [2.45, 2.75) is 19.4 Å². The zero-order valence-electron chi connectivity index (χ0n) is 16.7. The molecule has 6 heteroatoms. The van der Waals surface area contributed by atoms with Crippen LogP contribution in [0, 0.1) is 12.7 Å². The first-order valence-corrected chi connectivity index (χ1v) is 9.95. The van der Waals surface area contributed by atoms with Crippen molar-refractivity contribution in [2.24, 2.45) is 5.10 Å². The van der Waals surface area contributed by atoms with Crippen molar-refractivity contribution >= 4 is 22.5 Å². The van der Waals surface area contributed by atoms with Crippen LogP contribution in [-0.2, 0) is 0 Å². The summed E-state index contributed by atoms with van der Waals surface area (Å²) in [5, 5.41) is 15.8. The van der Waals surface area contributed by atoms with E-state index in [0.717, 1.165) is 10.9 Å². The molecule has 2 heterocycles. The van der Waals surface area contributed by atoms with Gasteiger partial charge in [0.15, 0.2) is 5.76 Å². The van der Waals surface area contributed by atoms with Gasteiger partial charge in [-0.2, -0.15) is 5.10 Å². The van der Waals surface area contributed by atoms with E-state index in [-0.39, 0.29) is 29.2 Å². The highest BCUT2D eigenvalue weighted by Crippen LogP contribution is 2.35. The van der Waals surface area contributed by atoms with Crippen molar-refractivity contribution in [3.8, 4) is 5.75 Å². The number of ketones is 1. The van der Waals surface area contributed by atoms with Crippen molar-refractivity contribution in [3.63, 3.8) is 0 Å². The summed E-state index contributed by atoms with van der Waals surface area (Å²) in [7, 11) is 0. The molecule has 0 radical (unpaired) electrons. The molecular formula is C25H19FN2O3. The second-order valence-corrected chi connectivity index (χ2v) is 7.61. The van der Waals surface area contributed by atoms with Gasteiger partial charge in [-0.15, -0.1) is 0 Å². The summed E-state index contributed by atoms with van der Waals surface area (Å²) in [4.78, 5) is 12.9. The number of hydrazone groups is 1. The van der Waals surface area contributed by atoms with Crippen LogP contribution in [0.15, 0.2) is 76.2 Å². The van der Waals surface area contributed by atoms with Gasteiger partial charge in [0.1, 0.15) is 17.1 Å². The Morgan fingerprint density at radius 3 is 2.61 bits per heavy atom. The number of nitrogens with one attached hydrogen (secondary N) is 1. The summed E-state index contributed by atoms with van der Waals surface area (Å²) in [5.41, 5.74) is 6.93. The Morgan fingerprint density at radius 2 is 1.87 bits per heavy atom. The van der Waals surface area contributed by atoms with Crippen LogP contribution in [0.5, 0.6) is 5.75 Å². The average Bonchev–Trinajstić information content (AvgIpc) is 3.39. The second kappa shape index (κ2) is 7.40. The SMILES string of the molecule is Cc1c(C(=O)c2ccccc2)oc2cc(O)c(C3=NN[C@H](c4ccc(F)cc4)C3)cc12. The molecule has 0 bridgehead atoms. The minimum atomic E-state index is -0.290. The van der Waals surface area contributed by atoms with Crippen LogP contribution in [0.25, 0.3) is 11.0 Å². The topological polar surface area (TPSA) is 74.8 Å². The molecule has 3 aromatic carbocycles. The molecule has 1 aliphatic rings. The Labute approximate surface area is 177 Å². The lowest BCUT2D eigenvalue weighted by Crippen LogP contribution is -2.09. The molecule has 0 aliphatic carbocycles. The van der Waals surface area contributed by atoms with Crippen LogP contribution in [0.1, 0.15) is 45.3 Å². The first-order chi connectivity index (χ1) is 15.0. The molecule has 154 valence electrons. The molecular weight excluding hydrogens is 395 g/mol. The average molecular weight is 414 g/mol. The first kappa shape index (κ1) is 19.1. The lowest BCUT2D eigenvalue weighted by atomic mass is 9.97. The van der Waals surface area contributed by atoms with E-state index >= 15 is 0 Å². The van der Waals surface area contributed by atoms with Gasteiger partial charge in [0.05, 0.1) is 11.8 Å². The molecule has 0 saturated carbocycles. The van der Waals surface area contributed by atoms with Crippen LogP contribution in [0.2, 0.25) is 0 Å². The molecule has 2 N–H and O–H groups in total. The Hall–Kier alpha value is -3.93. The number of furan rings is 1. The highest BCUT2D eigenvalue weighted by atomic mass is 19.1. The first-order valence-electron chi connectivity index (χ1n) is 9.95. The summed E-state index contributed by atoms with van der Waals surface area (Å²) in [5.74, 6) is -0.206. The lowest BCUT2D eigenvalue weighted by Gasteiger charge is -2.10. The van der Waals surface area contributed by atoms with E-state index in [1.54, 1.807) is 42.5 Å². The standard InChI is InChI=1S/C25H19FN2O3/c1-14-18-11-19(21-12-20(27-28-21)15-7-9-17(26)10-8-15)22(29)13-23(18)31-25(14)24(30)16-5-3-2-4-6-16/h2-11,13,20,27,29H,12H2,1H3/t20-/m0/s1. The number of phenolic OH excluding ortho intramolecular Hbond substituents is 1. The highest BCUT2D eigenvalue weighted by Gasteiger charge is 2.26. The summed E-state index contributed by atoms with van der Waals surface area (Å²) in [6.07, 6.45) is 0.539. The number of hydrogen-bond donors (Lipinski definition) is 2. The minimum Gasteiger partial charge on any atom is -0.507 e. The number of benzene rings is 3. The smallest absolute Gasteiger partial charge is 0.228 e. The number of carbonyl (C=O) groups is 1. The van der Waals surface area contributed by atoms with Gasteiger partial charge in [0, 0.05) is 34.6 Å². The number of nitrogens with zero attached hydrogens (tertiary/aromatic N) is 1. The number of aromatic hydroxyl groups is 1. The van der Waals surface area contributed by atoms with E-state index in [4.69, 9.17) is 4.42 Å². The van der Waals surface area contributed by atoms with Gasteiger partial charge in [-0.05, 0) is 30.7 Å². The molecule has 0 fully saturated rings. The predicted octanol–water partition coefficient (Wildman–Crippen LogP) is 5.26. The number of aryl methyl sites for hydroxylation is 1.